The molecule has 0 aromatic heterocycles. The summed E-state index contributed by atoms with van der Waals surface area (Å²) >= 11 is 4.64. The van der Waals surface area contributed by atoms with E-state index < -0.39 is 5.60 Å². The maximum Gasteiger partial charge on any atom is 0.410 e. The average Bonchev–Trinajstić information content (AvgIpc) is 2.55. The molecule has 1 aliphatic carbocycles. The molecule has 27 heavy (non-hydrogen) atoms. The predicted octanol–water partition coefficient (Wildman–Crippen LogP) is 5.00. The third-order valence-corrected chi connectivity index (χ3v) is 4.78. The van der Waals surface area contributed by atoms with Crippen LogP contribution in [-0.2, 0) is 4.74 Å². The number of carbonyl (C=O) groups excluding carboxylic acids is 1. The molecule has 3 rings (SSSR count). The van der Waals surface area contributed by atoms with Gasteiger partial charge in [-0.05, 0) is 45.2 Å². The number of nitrogens with zero attached hydrogens (tertiary/aromatic N) is 1. The monoisotopic (exact) mass is 391 g/mol. The molecule has 5 nitrogen and oxygen atoms in total. The largest absolute Gasteiger partial charge is 0.444 e. The Labute approximate surface area is 167 Å². The second-order valence-electron chi connectivity index (χ2n) is 8.23. The summed E-state index contributed by atoms with van der Waals surface area (Å²) in [5.41, 5.74) is 4.28. The first-order valence-corrected chi connectivity index (χ1v) is 9.87. The quantitative estimate of drug-likeness (QED) is 0.563. The zero-order valence-corrected chi connectivity index (χ0v) is 17.6. The number of likely N-dealkylation sites (tertiary alicyclic amines) is 1. The highest BCUT2D eigenvalue weighted by Crippen LogP contribution is 2.52. The number of alkyl halides is 1. The van der Waals surface area contributed by atoms with Gasteiger partial charge in [-0.25, -0.2) is 4.79 Å². The van der Waals surface area contributed by atoms with Gasteiger partial charge in [0.25, 0.3) is 0 Å². The topological polar surface area (TPSA) is 65.4 Å². The summed E-state index contributed by atoms with van der Waals surface area (Å²) in [5, 5.41) is 10.6. The van der Waals surface area contributed by atoms with E-state index in [0.717, 1.165) is 42.7 Å². The van der Waals surface area contributed by atoms with Crippen LogP contribution in [0.3, 0.4) is 0 Å². The van der Waals surface area contributed by atoms with Crippen LogP contribution < -0.4 is 5.32 Å². The molecule has 1 spiro atoms. The molecule has 2 N–H and O–H groups in total. The Bertz CT molecular complexity index is 721. The number of amides is 1. The molecule has 1 aromatic rings. The second-order valence-corrected chi connectivity index (χ2v) is 8.23. The molecule has 1 aliphatic heterocycles. The number of ether oxygens (including phenoxy) is 1. The minimum Gasteiger partial charge on any atom is -0.444 e. The summed E-state index contributed by atoms with van der Waals surface area (Å²) in [6.45, 7) is 7.29. The van der Waals surface area contributed by atoms with Crippen molar-refractivity contribution in [1.82, 2.24) is 4.90 Å². The molecule has 2 aliphatic rings. The van der Waals surface area contributed by atoms with E-state index in [-0.39, 0.29) is 11.5 Å². The highest BCUT2D eigenvalue weighted by molar-refractivity contribution is 6.15. The van der Waals surface area contributed by atoms with Crippen molar-refractivity contribution in [2.24, 2.45) is 5.41 Å². The number of hydrogen-bond donors (Lipinski definition) is 2. The Morgan fingerprint density at radius 2 is 1.93 bits per heavy atom. The molecule has 0 radical (unpaired) electrons. The van der Waals surface area contributed by atoms with Crippen LogP contribution in [0.1, 0.15) is 44.7 Å². The zero-order valence-electron chi connectivity index (χ0n) is 16.9. The number of hydrogen-bond acceptors (Lipinski definition) is 4. The minimum atomic E-state index is -0.432. The van der Waals surface area contributed by atoms with Gasteiger partial charge in [0.05, 0.1) is 0 Å². The van der Waals surface area contributed by atoms with Crippen molar-refractivity contribution in [2.75, 3.05) is 31.8 Å². The van der Waals surface area contributed by atoms with Crippen LogP contribution in [0.15, 0.2) is 23.8 Å². The van der Waals surface area contributed by atoms with E-state index in [1.54, 1.807) is 4.90 Å². The molecule has 2 fully saturated rings. The number of anilines is 1. The van der Waals surface area contributed by atoms with Gasteiger partial charge < -0.3 is 20.4 Å². The van der Waals surface area contributed by atoms with Gasteiger partial charge in [-0.15, -0.1) is 11.6 Å². The van der Waals surface area contributed by atoms with Gasteiger partial charge in [0.1, 0.15) is 5.60 Å². The lowest BCUT2D eigenvalue weighted by molar-refractivity contribution is -0.0498. The van der Waals surface area contributed by atoms with E-state index >= 15 is 0 Å². The molecule has 1 aromatic carbocycles. The minimum absolute atomic E-state index is 0.198. The average molecular weight is 392 g/mol. The summed E-state index contributed by atoms with van der Waals surface area (Å²) in [5.74, 6) is 0. The fourth-order valence-corrected chi connectivity index (χ4v) is 3.70. The van der Waals surface area contributed by atoms with Gasteiger partial charge in [-0.1, -0.05) is 23.8 Å². The van der Waals surface area contributed by atoms with Crippen LogP contribution in [0.4, 0.5) is 10.5 Å². The molecule has 0 atom stereocenters. The molecule has 0 unspecified atom stereocenters. The molecule has 0 bridgehead atoms. The Balaban J connectivity index is 0.00000126. The molecule has 1 saturated heterocycles. The molecule has 6 heteroatoms. The van der Waals surface area contributed by atoms with Gasteiger partial charge in [-0.3, -0.25) is 0 Å². The van der Waals surface area contributed by atoms with Crippen LogP contribution in [0, 0.1) is 10.8 Å². The van der Waals surface area contributed by atoms with Crippen LogP contribution >= 0.6 is 11.6 Å². The first kappa shape index (κ1) is 21.3. The third kappa shape index (κ3) is 5.04. The zero-order chi connectivity index (χ0) is 20.2. The van der Waals surface area contributed by atoms with E-state index in [0.29, 0.717) is 0 Å². The van der Waals surface area contributed by atoms with Crippen LogP contribution in [0.5, 0.6) is 0 Å². The third-order valence-electron chi connectivity index (χ3n) is 4.78. The van der Waals surface area contributed by atoms with Crippen LogP contribution in [0.2, 0.25) is 0 Å². The highest BCUT2D eigenvalue weighted by atomic mass is 35.5. The molecule has 1 amide bonds. The Kier molecular flexibility index (Phi) is 6.58. The molecular weight excluding hydrogens is 362 g/mol. The van der Waals surface area contributed by atoms with Crippen molar-refractivity contribution >= 4 is 35.7 Å². The SMILES string of the molecule is CCl.CNc1cc(C=C2CC3(C2)CN(C(=O)OC(C)(C)C)C3)ccc1C=N. The fraction of sp³-hybridized carbons (Fsp3) is 0.524. The molecule has 1 saturated carbocycles. The van der Waals surface area contributed by atoms with E-state index in [1.165, 1.54) is 18.2 Å². The van der Waals surface area contributed by atoms with E-state index in [4.69, 9.17) is 10.1 Å². The molecular formula is C21H30ClN3O2. The number of carbonyl (C=O) groups is 1. The molecule has 1 heterocycles. The van der Waals surface area contributed by atoms with Crippen LogP contribution in [0.25, 0.3) is 6.08 Å². The number of benzene rings is 1. The molecule has 148 valence electrons. The maximum absolute atomic E-state index is 12.0. The Morgan fingerprint density at radius 1 is 1.30 bits per heavy atom. The van der Waals surface area contributed by atoms with E-state index in [2.05, 4.69) is 29.1 Å². The van der Waals surface area contributed by atoms with Gasteiger partial charge in [0.15, 0.2) is 0 Å². The summed E-state index contributed by atoms with van der Waals surface area (Å²) in [7, 11) is 1.87. The van der Waals surface area contributed by atoms with Crippen LogP contribution in [-0.4, -0.2) is 49.3 Å². The number of halogens is 1. The standard InChI is InChI=1S/C20H27N3O2.CH3Cl/c1-19(2,3)25-18(24)23-12-20(13-23)9-15(10-20)7-14-5-6-16(11-21)17(8-14)22-4;1-2/h5-8,11,21-22H,9-10,12-13H2,1-4H3;1H3. The first-order chi connectivity index (χ1) is 12.7. The summed E-state index contributed by atoms with van der Waals surface area (Å²) < 4.78 is 5.42. The maximum atomic E-state index is 12.0. The van der Waals surface area contributed by atoms with Crippen molar-refractivity contribution in [3.8, 4) is 0 Å². The van der Waals surface area contributed by atoms with Gasteiger partial charge >= 0.3 is 6.09 Å². The number of allylic oxidation sites excluding steroid dienone is 1. The summed E-state index contributed by atoms with van der Waals surface area (Å²) in [6.07, 6.45) is 6.97. The smallest absolute Gasteiger partial charge is 0.410 e. The number of nitrogens with one attached hydrogen (secondary N) is 2. The van der Waals surface area contributed by atoms with E-state index in [9.17, 15) is 4.79 Å². The summed E-state index contributed by atoms with van der Waals surface area (Å²) in [6, 6.07) is 6.09. The Hall–Kier alpha value is -2.01. The van der Waals surface area contributed by atoms with Gasteiger partial charge in [0, 0.05) is 49.4 Å². The number of rotatable bonds is 3. The van der Waals surface area contributed by atoms with E-state index in [1.807, 2.05) is 40.0 Å². The van der Waals surface area contributed by atoms with Gasteiger partial charge in [0.2, 0.25) is 0 Å². The predicted molar refractivity (Wildman–Crippen MR) is 113 cm³/mol. The van der Waals surface area contributed by atoms with Gasteiger partial charge in [-0.2, -0.15) is 0 Å². The second kappa shape index (κ2) is 8.34. The Morgan fingerprint density at radius 3 is 2.44 bits per heavy atom. The van der Waals surface area contributed by atoms with Crippen molar-refractivity contribution < 1.29 is 9.53 Å². The van der Waals surface area contributed by atoms with Crippen molar-refractivity contribution in [1.29, 1.82) is 5.41 Å². The van der Waals surface area contributed by atoms with Crippen molar-refractivity contribution in [3.05, 3.63) is 34.9 Å². The lowest BCUT2D eigenvalue weighted by atomic mass is 9.60. The lowest BCUT2D eigenvalue weighted by Gasteiger charge is -2.56. The van der Waals surface area contributed by atoms with Crippen molar-refractivity contribution in [2.45, 2.75) is 39.2 Å². The van der Waals surface area contributed by atoms with Crippen molar-refractivity contribution in [3.63, 3.8) is 0 Å². The lowest BCUT2D eigenvalue weighted by Crippen LogP contribution is -2.62. The first-order valence-electron chi connectivity index (χ1n) is 9.11. The fourth-order valence-electron chi connectivity index (χ4n) is 3.70. The summed E-state index contributed by atoms with van der Waals surface area (Å²) in [4.78, 5) is 13.8. The highest BCUT2D eigenvalue weighted by Gasteiger charge is 2.52. The normalized spacial score (nSPS) is 17.1.